The first-order valence-corrected chi connectivity index (χ1v) is 7.98. The van der Waals surface area contributed by atoms with E-state index in [9.17, 15) is 4.79 Å². The largest absolute Gasteiger partial charge is 0.458 e. The lowest BCUT2D eigenvalue weighted by molar-refractivity contribution is -0.130. The van der Waals surface area contributed by atoms with Gasteiger partial charge in [0, 0.05) is 31.8 Å². The maximum absolute atomic E-state index is 12.3. The van der Waals surface area contributed by atoms with Gasteiger partial charge in [0.25, 0.3) is 0 Å². The van der Waals surface area contributed by atoms with E-state index in [1.807, 2.05) is 11.0 Å². The summed E-state index contributed by atoms with van der Waals surface area (Å²) in [5, 5.41) is 0. The maximum Gasteiger partial charge on any atom is 0.316 e. The molecule has 0 radical (unpaired) electrons. The average molecular weight is 311 g/mol. The molecule has 1 aromatic heterocycles. The lowest BCUT2D eigenvalue weighted by Gasteiger charge is -2.16. The van der Waals surface area contributed by atoms with Crippen LogP contribution < -0.4 is 4.74 Å². The predicted octanol–water partition coefficient (Wildman–Crippen LogP) is 2.40. The minimum absolute atomic E-state index is 0.0136. The summed E-state index contributed by atoms with van der Waals surface area (Å²) >= 11 is 0. The van der Waals surface area contributed by atoms with Crippen molar-refractivity contribution in [2.45, 2.75) is 32.3 Å². The number of carbonyl (C=O) groups excluding carboxylic acids is 1. The van der Waals surface area contributed by atoms with Crippen LogP contribution in [0, 0.1) is 6.92 Å². The fraction of sp³-hybridized carbons (Fsp3) is 0.389. The minimum atomic E-state index is -0.0136. The van der Waals surface area contributed by atoms with Crippen molar-refractivity contribution in [3.8, 4) is 6.01 Å². The van der Waals surface area contributed by atoms with Crippen LogP contribution in [0.1, 0.15) is 24.0 Å². The van der Waals surface area contributed by atoms with Crippen molar-refractivity contribution in [2.24, 2.45) is 0 Å². The summed E-state index contributed by atoms with van der Waals surface area (Å²) in [6.07, 6.45) is 5.45. The fourth-order valence-corrected chi connectivity index (χ4v) is 2.82. The number of benzene rings is 1. The third-order valence-electron chi connectivity index (χ3n) is 4.02. The molecule has 1 aromatic carbocycles. The highest BCUT2D eigenvalue weighted by molar-refractivity contribution is 5.76. The summed E-state index contributed by atoms with van der Waals surface area (Å²) in [5.41, 5.74) is 2.44. The summed E-state index contributed by atoms with van der Waals surface area (Å²) in [6, 6.07) is 10.4. The second-order valence-electron chi connectivity index (χ2n) is 5.89. The Hall–Kier alpha value is -2.43. The smallest absolute Gasteiger partial charge is 0.316 e. The van der Waals surface area contributed by atoms with E-state index in [-0.39, 0.29) is 12.0 Å². The van der Waals surface area contributed by atoms with E-state index in [0.29, 0.717) is 19.0 Å². The molecular weight excluding hydrogens is 290 g/mol. The highest BCUT2D eigenvalue weighted by Gasteiger charge is 2.27. The van der Waals surface area contributed by atoms with Gasteiger partial charge in [0.1, 0.15) is 6.10 Å². The summed E-state index contributed by atoms with van der Waals surface area (Å²) in [5.74, 6) is 0.187. The van der Waals surface area contributed by atoms with Gasteiger partial charge in [-0.1, -0.05) is 29.8 Å². The molecule has 2 heterocycles. The summed E-state index contributed by atoms with van der Waals surface area (Å²) in [6.45, 7) is 3.43. The van der Waals surface area contributed by atoms with Crippen LogP contribution in [-0.4, -0.2) is 40.0 Å². The number of hydrogen-bond donors (Lipinski definition) is 0. The van der Waals surface area contributed by atoms with Gasteiger partial charge in [0.15, 0.2) is 0 Å². The Morgan fingerprint density at radius 3 is 2.91 bits per heavy atom. The highest BCUT2D eigenvalue weighted by atomic mass is 16.5. The van der Waals surface area contributed by atoms with E-state index < -0.39 is 0 Å². The van der Waals surface area contributed by atoms with Crippen LogP contribution in [0.4, 0.5) is 0 Å². The molecule has 0 aliphatic carbocycles. The van der Waals surface area contributed by atoms with Gasteiger partial charge in [-0.15, -0.1) is 0 Å². The number of likely N-dealkylation sites (tertiary alicyclic amines) is 1. The van der Waals surface area contributed by atoms with Crippen LogP contribution >= 0.6 is 0 Å². The Kier molecular flexibility index (Phi) is 4.86. The lowest BCUT2D eigenvalue weighted by Crippen LogP contribution is -2.31. The second-order valence-corrected chi connectivity index (χ2v) is 5.89. The Morgan fingerprint density at radius 2 is 2.13 bits per heavy atom. The molecular formula is C18H21N3O2. The Morgan fingerprint density at radius 1 is 1.30 bits per heavy atom. The lowest BCUT2D eigenvalue weighted by atomic mass is 10.1. The van der Waals surface area contributed by atoms with Crippen LogP contribution in [0.25, 0.3) is 0 Å². The van der Waals surface area contributed by atoms with Gasteiger partial charge in [0.2, 0.25) is 5.91 Å². The molecule has 2 aromatic rings. The zero-order chi connectivity index (χ0) is 16.1. The van der Waals surface area contributed by atoms with Crippen molar-refractivity contribution < 1.29 is 9.53 Å². The molecule has 120 valence electrons. The Labute approximate surface area is 136 Å². The van der Waals surface area contributed by atoms with Gasteiger partial charge in [0.05, 0.1) is 6.54 Å². The highest BCUT2D eigenvalue weighted by Crippen LogP contribution is 2.16. The predicted molar refractivity (Wildman–Crippen MR) is 87.1 cm³/mol. The standard InChI is InChI=1S/C18H21N3O2/c1-14-4-2-5-15(12-14)6-7-17(22)21-11-8-16(13-21)23-18-19-9-3-10-20-18/h2-5,9-10,12,16H,6-8,11,13H2,1H3/t16-/m1/s1. The number of rotatable bonds is 5. The molecule has 1 amide bonds. The first-order chi connectivity index (χ1) is 11.2. The van der Waals surface area contributed by atoms with Gasteiger partial charge in [-0.25, -0.2) is 9.97 Å². The molecule has 0 unspecified atom stereocenters. The van der Waals surface area contributed by atoms with Crippen molar-refractivity contribution in [1.82, 2.24) is 14.9 Å². The average Bonchev–Trinajstić information content (AvgIpc) is 3.02. The van der Waals surface area contributed by atoms with Gasteiger partial charge in [-0.05, 0) is 25.0 Å². The molecule has 3 rings (SSSR count). The van der Waals surface area contributed by atoms with E-state index in [1.165, 1.54) is 11.1 Å². The number of aryl methyl sites for hydroxylation is 2. The minimum Gasteiger partial charge on any atom is -0.458 e. The van der Waals surface area contributed by atoms with Gasteiger partial charge in [-0.2, -0.15) is 0 Å². The fourth-order valence-electron chi connectivity index (χ4n) is 2.82. The van der Waals surface area contributed by atoms with Gasteiger partial charge >= 0.3 is 6.01 Å². The van der Waals surface area contributed by atoms with Crippen LogP contribution in [0.3, 0.4) is 0 Å². The quantitative estimate of drug-likeness (QED) is 0.851. The SMILES string of the molecule is Cc1cccc(CCC(=O)N2CC[C@@H](Oc3ncccn3)C2)c1. The van der Waals surface area contributed by atoms with E-state index in [2.05, 4.69) is 35.1 Å². The number of carbonyl (C=O) groups is 1. The van der Waals surface area contributed by atoms with Crippen molar-refractivity contribution in [2.75, 3.05) is 13.1 Å². The molecule has 0 N–H and O–H groups in total. The van der Waals surface area contributed by atoms with Crippen LogP contribution in [0.5, 0.6) is 6.01 Å². The number of nitrogens with zero attached hydrogens (tertiary/aromatic N) is 3. The maximum atomic E-state index is 12.3. The summed E-state index contributed by atoms with van der Waals surface area (Å²) in [4.78, 5) is 22.3. The summed E-state index contributed by atoms with van der Waals surface area (Å²) < 4.78 is 5.72. The first kappa shape index (κ1) is 15.5. The molecule has 1 aliphatic rings. The molecule has 0 saturated carbocycles. The number of amides is 1. The summed E-state index contributed by atoms with van der Waals surface area (Å²) in [7, 11) is 0. The molecule has 1 aliphatic heterocycles. The molecule has 5 heteroatoms. The van der Waals surface area contributed by atoms with Crippen molar-refractivity contribution >= 4 is 5.91 Å². The Bertz CT molecular complexity index is 660. The molecule has 23 heavy (non-hydrogen) atoms. The van der Waals surface area contributed by atoms with Gasteiger partial charge in [-0.3, -0.25) is 4.79 Å². The third kappa shape index (κ3) is 4.28. The first-order valence-electron chi connectivity index (χ1n) is 7.98. The number of hydrogen-bond acceptors (Lipinski definition) is 4. The van der Waals surface area contributed by atoms with E-state index in [4.69, 9.17) is 4.74 Å². The van der Waals surface area contributed by atoms with Crippen LogP contribution in [-0.2, 0) is 11.2 Å². The normalized spacial score (nSPS) is 17.3. The molecule has 0 bridgehead atoms. The van der Waals surface area contributed by atoms with Crippen molar-refractivity contribution in [3.05, 3.63) is 53.9 Å². The van der Waals surface area contributed by atoms with E-state index >= 15 is 0 Å². The monoisotopic (exact) mass is 311 g/mol. The van der Waals surface area contributed by atoms with Crippen molar-refractivity contribution in [1.29, 1.82) is 0 Å². The molecule has 1 atom stereocenters. The zero-order valence-electron chi connectivity index (χ0n) is 13.3. The number of aromatic nitrogens is 2. The van der Waals surface area contributed by atoms with Gasteiger partial charge < -0.3 is 9.64 Å². The molecule has 1 fully saturated rings. The van der Waals surface area contributed by atoms with Crippen LogP contribution in [0.2, 0.25) is 0 Å². The van der Waals surface area contributed by atoms with Crippen molar-refractivity contribution in [3.63, 3.8) is 0 Å². The third-order valence-corrected chi connectivity index (χ3v) is 4.02. The zero-order valence-corrected chi connectivity index (χ0v) is 13.3. The molecule has 1 saturated heterocycles. The molecule has 0 spiro atoms. The Balaban J connectivity index is 1.47. The van der Waals surface area contributed by atoms with Crippen LogP contribution in [0.15, 0.2) is 42.7 Å². The number of ether oxygens (including phenoxy) is 1. The van der Waals surface area contributed by atoms with E-state index in [1.54, 1.807) is 18.5 Å². The van der Waals surface area contributed by atoms with E-state index in [0.717, 1.165) is 19.4 Å². The molecule has 5 nitrogen and oxygen atoms in total. The topological polar surface area (TPSA) is 55.3 Å². The second kappa shape index (κ2) is 7.22.